The lowest BCUT2D eigenvalue weighted by molar-refractivity contribution is -0.148. The number of fused-ring (bicyclic) bond motifs is 5. The lowest BCUT2D eigenvalue weighted by Gasteiger charge is -2.44. The zero-order valence-electron chi connectivity index (χ0n) is 17.5. The summed E-state index contributed by atoms with van der Waals surface area (Å²) >= 11 is 0. The molecule has 1 saturated carbocycles. The average Bonchev–Trinajstić information content (AvgIpc) is 3.03. The zero-order valence-corrected chi connectivity index (χ0v) is 17.5. The molecule has 0 N–H and O–H groups in total. The third-order valence-corrected chi connectivity index (χ3v) is 7.94. The Hall–Kier alpha value is -1.84. The van der Waals surface area contributed by atoms with Crippen molar-refractivity contribution >= 4 is 11.9 Å². The van der Waals surface area contributed by atoms with Crippen LogP contribution in [0.3, 0.4) is 0 Å². The summed E-state index contributed by atoms with van der Waals surface area (Å²) in [4.78, 5) is 23.5. The van der Waals surface area contributed by atoms with E-state index in [1.54, 1.807) is 5.56 Å². The minimum absolute atomic E-state index is 0.0219. The molecule has 0 amide bonds. The molecule has 0 saturated heterocycles. The van der Waals surface area contributed by atoms with E-state index in [0.29, 0.717) is 11.8 Å². The second-order valence-electron chi connectivity index (χ2n) is 9.30. The van der Waals surface area contributed by atoms with Crippen molar-refractivity contribution in [1.29, 1.82) is 0 Å². The number of rotatable bonds is 3. The highest BCUT2D eigenvalue weighted by atomic mass is 16.5. The van der Waals surface area contributed by atoms with Crippen molar-refractivity contribution in [3.05, 3.63) is 34.4 Å². The first kappa shape index (κ1) is 19.5. The number of carbonyl (C=O) groups excluding carboxylic acids is 2. The number of esters is 2. The smallest absolute Gasteiger partial charge is 0.308 e. The van der Waals surface area contributed by atoms with Crippen LogP contribution in [0.25, 0.3) is 0 Å². The number of ether oxygens (including phenoxy) is 2. The first-order chi connectivity index (χ1) is 13.3. The van der Waals surface area contributed by atoms with E-state index in [4.69, 9.17) is 9.47 Å². The highest BCUT2D eigenvalue weighted by Crippen LogP contribution is 2.61. The number of carbonyl (C=O) groups is 2. The van der Waals surface area contributed by atoms with Gasteiger partial charge in [-0.1, -0.05) is 26.0 Å². The second kappa shape index (κ2) is 7.20. The van der Waals surface area contributed by atoms with E-state index in [1.807, 2.05) is 6.92 Å². The van der Waals surface area contributed by atoms with E-state index in [1.165, 1.54) is 30.7 Å². The summed E-state index contributed by atoms with van der Waals surface area (Å²) in [6, 6.07) is 4.60. The highest BCUT2D eigenvalue weighted by molar-refractivity contribution is 5.72. The van der Waals surface area contributed by atoms with Gasteiger partial charge in [-0.2, -0.15) is 0 Å². The van der Waals surface area contributed by atoms with Gasteiger partial charge in [-0.15, -0.1) is 0 Å². The van der Waals surface area contributed by atoms with E-state index in [2.05, 4.69) is 19.1 Å². The maximum atomic E-state index is 12.2. The van der Waals surface area contributed by atoms with Crippen molar-refractivity contribution in [3.8, 4) is 0 Å². The molecule has 0 aliphatic heterocycles. The van der Waals surface area contributed by atoms with Gasteiger partial charge in [0.25, 0.3) is 0 Å². The summed E-state index contributed by atoms with van der Waals surface area (Å²) in [5.74, 6) is 0.634. The second-order valence-corrected chi connectivity index (χ2v) is 9.30. The fourth-order valence-corrected chi connectivity index (χ4v) is 6.57. The molecule has 0 spiro atoms. The Kier molecular flexibility index (Phi) is 5.01. The quantitative estimate of drug-likeness (QED) is 0.727. The average molecular weight is 385 g/mol. The summed E-state index contributed by atoms with van der Waals surface area (Å²) in [6.45, 7) is 5.94. The van der Waals surface area contributed by atoms with Crippen LogP contribution in [0.15, 0.2) is 12.1 Å². The fraction of sp³-hybridized carbons (Fsp3) is 0.667. The largest absolute Gasteiger partial charge is 0.469 e. The predicted octanol–water partition coefficient (Wildman–Crippen LogP) is 4.36. The monoisotopic (exact) mass is 384 g/mol. The van der Waals surface area contributed by atoms with Gasteiger partial charge in [-0.25, -0.2) is 0 Å². The van der Waals surface area contributed by atoms with E-state index in [9.17, 15) is 9.59 Å². The first-order valence-electron chi connectivity index (χ1n) is 10.7. The summed E-state index contributed by atoms with van der Waals surface area (Å²) in [7, 11) is 1.50. The Morgan fingerprint density at radius 3 is 2.64 bits per heavy atom. The van der Waals surface area contributed by atoms with Crippen molar-refractivity contribution in [2.45, 2.75) is 77.7 Å². The molecule has 4 heteroatoms. The van der Waals surface area contributed by atoms with Gasteiger partial charge in [-0.05, 0) is 78.0 Å². The van der Waals surface area contributed by atoms with Crippen LogP contribution in [0.4, 0.5) is 0 Å². The molecule has 1 fully saturated rings. The Bertz CT molecular complexity index is 798. The van der Waals surface area contributed by atoms with E-state index >= 15 is 0 Å². The SMILES string of the molecule is COC(=O)C(C)C1CC[C@H]2c3ccc4c(c3CC[C@]12C)CC[C@H](OC(C)=O)C4. The zero-order chi connectivity index (χ0) is 20.1. The van der Waals surface area contributed by atoms with Crippen LogP contribution in [0.1, 0.15) is 74.6 Å². The lowest BCUT2D eigenvalue weighted by Crippen LogP contribution is -2.38. The molecule has 0 heterocycles. The van der Waals surface area contributed by atoms with E-state index in [0.717, 1.165) is 44.9 Å². The molecule has 2 unspecified atom stereocenters. The molecule has 3 aliphatic carbocycles. The predicted molar refractivity (Wildman–Crippen MR) is 107 cm³/mol. The van der Waals surface area contributed by atoms with Crippen molar-refractivity contribution < 1.29 is 19.1 Å². The van der Waals surface area contributed by atoms with Gasteiger partial charge in [0, 0.05) is 13.3 Å². The van der Waals surface area contributed by atoms with Crippen LogP contribution in [0.5, 0.6) is 0 Å². The minimum Gasteiger partial charge on any atom is -0.469 e. The van der Waals surface area contributed by atoms with Crippen LogP contribution in [-0.2, 0) is 38.3 Å². The number of hydrogen-bond donors (Lipinski definition) is 0. The number of benzene rings is 1. The van der Waals surface area contributed by atoms with Crippen molar-refractivity contribution in [1.82, 2.24) is 0 Å². The van der Waals surface area contributed by atoms with Crippen molar-refractivity contribution in [2.24, 2.45) is 17.3 Å². The normalized spacial score (nSPS) is 31.9. The Morgan fingerprint density at radius 2 is 1.93 bits per heavy atom. The third kappa shape index (κ3) is 3.05. The van der Waals surface area contributed by atoms with Gasteiger partial charge in [-0.3, -0.25) is 9.59 Å². The Labute approximate surface area is 168 Å². The summed E-state index contributed by atoms with van der Waals surface area (Å²) in [5.41, 5.74) is 6.10. The van der Waals surface area contributed by atoms with Gasteiger partial charge >= 0.3 is 11.9 Å². The molecule has 152 valence electrons. The number of methoxy groups -OCH3 is 1. The Morgan fingerprint density at radius 1 is 1.14 bits per heavy atom. The van der Waals surface area contributed by atoms with E-state index in [-0.39, 0.29) is 29.4 Å². The molecule has 28 heavy (non-hydrogen) atoms. The molecular weight excluding hydrogens is 352 g/mol. The van der Waals surface area contributed by atoms with Gasteiger partial charge in [0.05, 0.1) is 13.0 Å². The highest BCUT2D eigenvalue weighted by Gasteiger charge is 2.52. The first-order valence-corrected chi connectivity index (χ1v) is 10.7. The van der Waals surface area contributed by atoms with Gasteiger partial charge in [0.15, 0.2) is 0 Å². The molecule has 0 bridgehead atoms. The summed E-state index contributed by atoms with van der Waals surface area (Å²) < 4.78 is 10.5. The third-order valence-electron chi connectivity index (χ3n) is 7.94. The molecule has 4 nitrogen and oxygen atoms in total. The lowest BCUT2D eigenvalue weighted by atomic mass is 9.60. The topological polar surface area (TPSA) is 52.6 Å². The Balaban J connectivity index is 1.62. The molecule has 3 aliphatic rings. The summed E-state index contributed by atoms with van der Waals surface area (Å²) in [6.07, 6.45) is 7.27. The van der Waals surface area contributed by atoms with Gasteiger partial charge in [0.1, 0.15) is 6.10 Å². The molecular formula is C24H32O4. The van der Waals surface area contributed by atoms with Crippen LogP contribution in [0.2, 0.25) is 0 Å². The van der Waals surface area contributed by atoms with Crippen LogP contribution in [-0.4, -0.2) is 25.2 Å². The molecule has 1 aromatic rings. The number of hydrogen-bond acceptors (Lipinski definition) is 4. The molecule has 1 aromatic carbocycles. The van der Waals surface area contributed by atoms with Gasteiger partial charge in [0.2, 0.25) is 0 Å². The molecule has 5 atom stereocenters. The minimum atomic E-state index is -0.182. The molecule has 0 radical (unpaired) electrons. The van der Waals surface area contributed by atoms with Crippen molar-refractivity contribution in [3.63, 3.8) is 0 Å². The standard InChI is InChI=1S/C24H32O4/c1-14(23(26)27-4)21-9-10-22-20-7-5-16-13-17(28-15(2)25)6-8-18(16)19(20)11-12-24(21,22)3/h5,7,14,17,21-22H,6,8-13H2,1-4H3/t14?,17-,21?,22-,24+/m0/s1. The van der Waals surface area contributed by atoms with Crippen LogP contribution >= 0.6 is 0 Å². The molecule has 0 aromatic heterocycles. The van der Waals surface area contributed by atoms with Gasteiger partial charge < -0.3 is 9.47 Å². The van der Waals surface area contributed by atoms with Crippen LogP contribution < -0.4 is 0 Å². The van der Waals surface area contributed by atoms with Crippen LogP contribution in [0, 0.1) is 17.3 Å². The van der Waals surface area contributed by atoms with E-state index < -0.39 is 0 Å². The molecule has 4 rings (SSSR count). The maximum absolute atomic E-state index is 12.2. The van der Waals surface area contributed by atoms with Crippen molar-refractivity contribution in [2.75, 3.05) is 7.11 Å². The summed E-state index contributed by atoms with van der Waals surface area (Å²) in [5, 5.41) is 0. The fourth-order valence-electron chi connectivity index (χ4n) is 6.57. The maximum Gasteiger partial charge on any atom is 0.308 e.